The molecule has 90 valence electrons. The molecule has 1 heterocycles. The number of rotatable bonds is 3. The Morgan fingerprint density at radius 1 is 1.33 bits per heavy atom. The summed E-state index contributed by atoms with van der Waals surface area (Å²) in [7, 11) is 0. The summed E-state index contributed by atoms with van der Waals surface area (Å²) in [6.45, 7) is 1.55. The third-order valence-electron chi connectivity index (χ3n) is 2.40. The summed E-state index contributed by atoms with van der Waals surface area (Å²) in [4.78, 5) is 12.4. The average Bonchev–Trinajstić information content (AvgIpc) is 2.88. The van der Waals surface area contributed by atoms with Gasteiger partial charge in [0, 0.05) is 5.56 Å². The molecule has 0 saturated heterocycles. The van der Waals surface area contributed by atoms with Gasteiger partial charge in [0.05, 0.1) is 0 Å². The van der Waals surface area contributed by atoms with Gasteiger partial charge in [-0.05, 0) is 23.9 Å². The van der Waals surface area contributed by atoms with E-state index >= 15 is 0 Å². The first kappa shape index (κ1) is 12.3. The van der Waals surface area contributed by atoms with E-state index in [1.165, 1.54) is 11.3 Å². The van der Waals surface area contributed by atoms with E-state index in [0.29, 0.717) is 4.88 Å². The zero-order valence-electron chi connectivity index (χ0n) is 9.79. The molecule has 0 aliphatic heterocycles. The molecule has 0 fully saturated rings. The smallest absolute Gasteiger partial charge is 0.350 e. The van der Waals surface area contributed by atoms with Crippen molar-refractivity contribution >= 4 is 17.3 Å². The molecule has 4 heteroatoms. The average molecular weight is 257 g/mol. The number of esters is 1. The van der Waals surface area contributed by atoms with Crippen molar-refractivity contribution in [3.8, 4) is 17.2 Å². The van der Waals surface area contributed by atoms with Gasteiger partial charge in [-0.3, -0.25) is 0 Å². The van der Waals surface area contributed by atoms with Gasteiger partial charge in [0.15, 0.2) is 6.10 Å². The number of ether oxygens (including phenoxy) is 1. The van der Waals surface area contributed by atoms with Crippen molar-refractivity contribution in [2.45, 2.75) is 13.0 Å². The molecular formula is C14H11NO2S. The summed E-state index contributed by atoms with van der Waals surface area (Å²) < 4.78 is 5.02. The molecule has 1 aromatic carbocycles. The van der Waals surface area contributed by atoms with E-state index in [1.54, 1.807) is 6.92 Å². The van der Waals surface area contributed by atoms with Crippen molar-refractivity contribution in [3.05, 3.63) is 46.7 Å². The van der Waals surface area contributed by atoms with Crippen LogP contribution in [0.5, 0.6) is 0 Å². The maximum absolute atomic E-state index is 11.9. The van der Waals surface area contributed by atoms with Crippen LogP contribution < -0.4 is 0 Å². The second-order valence-electron chi connectivity index (χ2n) is 3.71. The van der Waals surface area contributed by atoms with Crippen molar-refractivity contribution in [1.82, 2.24) is 0 Å². The van der Waals surface area contributed by atoms with E-state index in [2.05, 4.69) is 0 Å². The van der Waals surface area contributed by atoms with Crippen molar-refractivity contribution in [1.29, 1.82) is 5.26 Å². The molecule has 0 amide bonds. The predicted octanol–water partition coefficient (Wildman–Crippen LogP) is 3.48. The first-order valence-electron chi connectivity index (χ1n) is 5.46. The fourth-order valence-electron chi connectivity index (χ4n) is 1.55. The van der Waals surface area contributed by atoms with Gasteiger partial charge < -0.3 is 4.74 Å². The Bertz CT molecular complexity index is 583. The maximum Gasteiger partial charge on any atom is 0.350 e. The molecule has 2 aromatic rings. The second kappa shape index (κ2) is 5.48. The third kappa shape index (κ3) is 2.58. The van der Waals surface area contributed by atoms with Crippen LogP contribution in [0.2, 0.25) is 0 Å². The largest absolute Gasteiger partial charge is 0.443 e. The molecule has 0 radical (unpaired) electrons. The van der Waals surface area contributed by atoms with Crippen molar-refractivity contribution in [2.24, 2.45) is 0 Å². The van der Waals surface area contributed by atoms with E-state index in [9.17, 15) is 4.79 Å². The lowest BCUT2D eigenvalue weighted by atomic mass is 10.1. The fraction of sp³-hybridized carbons (Fsp3) is 0.143. The van der Waals surface area contributed by atoms with Crippen molar-refractivity contribution in [3.63, 3.8) is 0 Å². The van der Waals surface area contributed by atoms with Crippen LogP contribution in [0, 0.1) is 11.3 Å². The van der Waals surface area contributed by atoms with Crippen molar-refractivity contribution < 1.29 is 9.53 Å². The van der Waals surface area contributed by atoms with E-state index in [4.69, 9.17) is 10.00 Å². The SMILES string of the molecule is C[C@@H](C#N)OC(=O)c1sccc1-c1ccccc1. The molecule has 0 N–H and O–H groups in total. The van der Waals surface area contributed by atoms with Crippen LogP contribution in [0.15, 0.2) is 41.8 Å². The van der Waals surface area contributed by atoms with Crippen molar-refractivity contribution in [2.75, 3.05) is 0 Å². The Balaban J connectivity index is 2.29. The summed E-state index contributed by atoms with van der Waals surface area (Å²) in [5.41, 5.74) is 1.81. The molecular weight excluding hydrogens is 246 g/mol. The number of thiophene rings is 1. The summed E-state index contributed by atoms with van der Waals surface area (Å²) in [5, 5.41) is 10.5. The van der Waals surface area contributed by atoms with Gasteiger partial charge >= 0.3 is 5.97 Å². The second-order valence-corrected chi connectivity index (χ2v) is 4.62. The normalized spacial score (nSPS) is 11.6. The molecule has 2 rings (SSSR count). The lowest BCUT2D eigenvalue weighted by molar-refractivity contribution is 0.0442. The highest BCUT2D eigenvalue weighted by atomic mass is 32.1. The van der Waals surface area contributed by atoms with E-state index in [0.717, 1.165) is 11.1 Å². The number of benzene rings is 1. The molecule has 3 nitrogen and oxygen atoms in total. The van der Waals surface area contributed by atoms with Gasteiger partial charge in [-0.15, -0.1) is 11.3 Å². The van der Waals surface area contributed by atoms with Crippen LogP contribution >= 0.6 is 11.3 Å². The van der Waals surface area contributed by atoms with Gasteiger partial charge in [-0.2, -0.15) is 5.26 Å². The summed E-state index contributed by atoms with van der Waals surface area (Å²) in [6, 6.07) is 13.4. The Morgan fingerprint density at radius 3 is 2.72 bits per heavy atom. The van der Waals surface area contributed by atoms with Gasteiger partial charge in [-0.1, -0.05) is 30.3 Å². The van der Waals surface area contributed by atoms with Crippen LogP contribution in [0.1, 0.15) is 16.6 Å². The molecule has 1 aromatic heterocycles. The quantitative estimate of drug-likeness (QED) is 0.791. The molecule has 0 spiro atoms. The van der Waals surface area contributed by atoms with E-state index < -0.39 is 12.1 Å². The zero-order valence-corrected chi connectivity index (χ0v) is 10.6. The standard InChI is InChI=1S/C14H11NO2S/c1-10(9-15)17-14(16)13-12(7-8-18-13)11-5-3-2-4-6-11/h2-8,10H,1H3/t10-/m0/s1. The number of hydrogen-bond donors (Lipinski definition) is 0. The fourth-order valence-corrected chi connectivity index (χ4v) is 2.35. The lowest BCUT2D eigenvalue weighted by Gasteiger charge is -2.06. The lowest BCUT2D eigenvalue weighted by Crippen LogP contribution is -2.12. The monoisotopic (exact) mass is 257 g/mol. The number of nitrogens with zero attached hydrogens (tertiary/aromatic N) is 1. The first-order chi connectivity index (χ1) is 8.72. The van der Waals surface area contributed by atoms with Gasteiger partial charge in [-0.25, -0.2) is 4.79 Å². The number of hydrogen-bond acceptors (Lipinski definition) is 4. The molecule has 0 unspecified atom stereocenters. The topological polar surface area (TPSA) is 50.1 Å². The van der Waals surface area contributed by atoms with E-state index in [-0.39, 0.29) is 0 Å². The predicted molar refractivity (Wildman–Crippen MR) is 70.2 cm³/mol. The van der Waals surface area contributed by atoms with Crippen LogP contribution in [0.25, 0.3) is 11.1 Å². The molecule has 18 heavy (non-hydrogen) atoms. The number of nitriles is 1. The van der Waals surface area contributed by atoms with E-state index in [1.807, 2.05) is 47.8 Å². The minimum atomic E-state index is -0.733. The van der Waals surface area contributed by atoms with Crippen LogP contribution in [-0.2, 0) is 4.74 Å². The Hall–Kier alpha value is -2.12. The highest BCUT2D eigenvalue weighted by molar-refractivity contribution is 7.12. The molecule has 0 aliphatic rings. The zero-order chi connectivity index (χ0) is 13.0. The summed E-state index contributed by atoms with van der Waals surface area (Å²) in [6.07, 6.45) is -0.733. The summed E-state index contributed by atoms with van der Waals surface area (Å²) in [5.74, 6) is -0.446. The van der Waals surface area contributed by atoms with Gasteiger partial charge in [0.1, 0.15) is 10.9 Å². The Labute approximate surface area is 109 Å². The molecule has 0 saturated carbocycles. The van der Waals surface area contributed by atoms with Crippen LogP contribution in [0.4, 0.5) is 0 Å². The Morgan fingerprint density at radius 2 is 2.06 bits per heavy atom. The maximum atomic E-state index is 11.9. The molecule has 1 atom stereocenters. The van der Waals surface area contributed by atoms with Gasteiger partial charge in [0.2, 0.25) is 0 Å². The minimum absolute atomic E-state index is 0.446. The number of carbonyl (C=O) groups is 1. The number of carbonyl (C=O) groups excluding carboxylic acids is 1. The Kier molecular flexibility index (Phi) is 3.75. The highest BCUT2D eigenvalue weighted by Crippen LogP contribution is 2.28. The highest BCUT2D eigenvalue weighted by Gasteiger charge is 2.17. The third-order valence-corrected chi connectivity index (χ3v) is 3.30. The van der Waals surface area contributed by atoms with Crippen LogP contribution in [-0.4, -0.2) is 12.1 Å². The van der Waals surface area contributed by atoms with Crippen LogP contribution in [0.3, 0.4) is 0 Å². The molecule has 0 bridgehead atoms. The van der Waals surface area contributed by atoms with Gasteiger partial charge in [0.25, 0.3) is 0 Å². The minimum Gasteiger partial charge on any atom is -0.443 e. The first-order valence-corrected chi connectivity index (χ1v) is 6.34. The molecule has 0 aliphatic carbocycles. The summed E-state index contributed by atoms with van der Waals surface area (Å²) >= 11 is 1.32.